The molecule has 0 radical (unpaired) electrons. The monoisotopic (exact) mass is 314 g/mol. The Hall–Kier alpha value is -2.55. The number of hydrogen-bond acceptors (Lipinski definition) is 3. The van der Waals surface area contributed by atoms with E-state index in [9.17, 15) is 9.59 Å². The van der Waals surface area contributed by atoms with Crippen LogP contribution < -0.4 is 16.2 Å². The number of carbonyl (C=O) groups excluding carboxylic acids is 2. The van der Waals surface area contributed by atoms with Gasteiger partial charge in [-0.1, -0.05) is 32.1 Å². The van der Waals surface area contributed by atoms with Gasteiger partial charge in [-0.15, -0.1) is 0 Å². The fourth-order valence-electron chi connectivity index (χ4n) is 2.70. The van der Waals surface area contributed by atoms with E-state index in [0.717, 1.165) is 25.7 Å². The first kappa shape index (κ1) is 16.8. The molecule has 0 aromatic heterocycles. The summed E-state index contributed by atoms with van der Waals surface area (Å²) in [5.74, 6) is -0.415. The Morgan fingerprint density at radius 3 is 2.17 bits per heavy atom. The summed E-state index contributed by atoms with van der Waals surface area (Å²) in [6.45, 7) is 0. The Bertz CT molecular complexity index is 569. The minimum absolute atomic E-state index is 0.169. The maximum Gasteiger partial charge on any atom is 0.333 e. The molecular weight excluding hydrogens is 292 g/mol. The molecule has 1 aromatic carbocycles. The van der Waals surface area contributed by atoms with Crippen LogP contribution in [0.4, 0.5) is 4.79 Å². The SMILES string of the molecule is N#Cc1ccc(C(=O)NNC(=O)NC2CCCCCCC2)cc1. The van der Waals surface area contributed by atoms with Crippen molar-refractivity contribution >= 4 is 11.9 Å². The standard InChI is InChI=1S/C17H22N4O2/c18-12-13-8-10-14(11-9-13)16(22)20-21-17(23)19-15-6-4-2-1-3-5-7-15/h8-11,15H,1-7H2,(H,20,22)(H2,19,21,23). The van der Waals surface area contributed by atoms with Gasteiger partial charge in [0.1, 0.15) is 0 Å². The Balaban J connectivity index is 1.76. The number of nitriles is 1. The van der Waals surface area contributed by atoms with Crippen molar-refractivity contribution in [3.8, 4) is 6.07 Å². The van der Waals surface area contributed by atoms with Gasteiger partial charge in [0.05, 0.1) is 11.6 Å². The molecule has 23 heavy (non-hydrogen) atoms. The van der Waals surface area contributed by atoms with Crippen molar-refractivity contribution in [2.45, 2.75) is 51.0 Å². The van der Waals surface area contributed by atoms with Crippen LogP contribution in [-0.2, 0) is 0 Å². The Kier molecular flexibility index (Phi) is 6.42. The van der Waals surface area contributed by atoms with E-state index in [2.05, 4.69) is 16.2 Å². The van der Waals surface area contributed by atoms with Gasteiger partial charge in [-0.3, -0.25) is 10.2 Å². The first-order chi connectivity index (χ1) is 11.2. The number of nitrogens with one attached hydrogen (secondary N) is 3. The molecular formula is C17H22N4O2. The first-order valence-corrected chi connectivity index (χ1v) is 8.06. The van der Waals surface area contributed by atoms with E-state index in [-0.39, 0.29) is 6.04 Å². The summed E-state index contributed by atoms with van der Waals surface area (Å²) in [6.07, 6.45) is 7.93. The number of carbonyl (C=O) groups is 2. The lowest BCUT2D eigenvalue weighted by Crippen LogP contribution is -2.49. The highest BCUT2D eigenvalue weighted by Crippen LogP contribution is 2.16. The molecule has 1 aliphatic carbocycles. The molecule has 1 fully saturated rings. The van der Waals surface area contributed by atoms with Crippen molar-refractivity contribution in [3.05, 3.63) is 35.4 Å². The summed E-state index contributed by atoms with van der Waals surface area (Å²) in [5, 5.41) is 11.6. The van der Waals surface area contributed by atoms with Gasteiger partial charge in [-0.05, 0) is 37.1 Å². The van der Waals surface area contributed by atoms with E-state index in [1.165, 1.54) is 19.3 Å². The van der Waals surface area contributed by atoms with Crippen molar-refractivity contribution in [3.63, 3.8) is 0 Å². The van der Waals surface area contributed by atoms with Crippen LogP contribution in [0, 0.1) is 11.3 Å². The van der Waals surface area contributed by atoms with Crippen LogP contribution >= 0.6 is 0 Å². The Labute approximate surface area is 136 Å². The van der Waals surface area contributed by atoms with Gasteiger partial charge in [0.2, 0.25) is 0 Å². The molecule has 6 nitrogen and oxygen atoms in total. The molecule has 0 saturated heterocycles. The summed E-state index contributed by atoms with van der Waals surface area (Å²) >= 11 is 0. The quantitative estimate of drug-likeness (QED) is 0.732. The first-order valence-electron chi connectivity index (χ1n) is 8.06. The molecule has 3 N–H and O–H groups in total. The van der Waals surface area contributed by atoms with Gasteiger partial charge in [0.25, 0.3) is 5.91 Å². The zero-order chi connectivity index (χ0) is 16.5. The van der Waals surface area contributed by atoms with E-state index in [1.54, 1.807) is 24.3 Å². The lowest BCUT2D eigenvalue weighted by atomic mass is 9.97. The molecule has 0 unspecified atom stereocenters. The highest BCUT2D eigenvalue weighted by molar-refractivity contribution is 5.95. The highest BCUT2D eigenvalue weighted by Gasteiger charge is 2.14. The molecule has 0 heterocycles. The number of benzene rings is 1. The maximum atomic E-state index is 11.9. The summed E-state index contributed by atoms with van der Waals surface area (Å²) in [4.78, 5) is 23.8. The third-order valence-corrected chi connectivity index (χ3v) is 4.01. The molecule has 0 aliphatic heterocycles. The lowest BCUT2D eigenvalue weighted by Gasteiger charge is -2.21. The summed E-state index contributed by atoms with van der Waals surface area (Å²) in [5.41, 5.74) is 5.62. The zero-order valence-electron chi connectivity index (χ0n) is 13.1. The van der Waals surface area contributed by atoms with E-state index in [1.807, 2.05) is 6.07 Å². The van der Waals surface area contributed by atoms with Crippen molar-refractivity contribution in [1.82, 2.24) is 16.2 Å². The number of amides is 3. The second-order valence-electron chi connectivity index (χ2n) is 5.78. The topological polar surface area (TPSA) is 94.0 Å². The molecule has 1 aliphatic rings. The molecule has 0 atom stereocenters. The summed E-state index contributed by atoms with van der Waals surface area (Å²) < 4.78 is 0. The van der Waals surface area contributed by atoms with Gasteiger partial charge in [-0.2, -0.15) is 5.26 Å². The molecule has 122 valence electrons. The second kappa shape index (κ2) is 8.79. The average molecular weight is 314 g/mol. The van der Waals surface area contributed by atoms with Gasteiger partial charge < -0.3 is 5.32 Å². The number of nitrogens with zero attached hydrogens (tertiary/aromatic N) is 1. The smallest absolute Gasteiger partial charge is 0.333 e. The van der Waals surface area contributed by atoms with Crippen molar-refractivity contribution < 1.29 is 9.59 Å². The summed E-state index contributed by atoms with van der Waals surface area (Å²) in [7, 11) is 0. The fourth-order valence-corrected chi connectivity index (χ4v) is 2.70. The predicted octanol–water partition coefficient (Wildman–Crippen LogP) is 2.62. The average Bonchev–Trinajstić information content (AvgIpc) is 2.55. The summed E-state index contributed by atoms with van der Waals surface area (Å²) in [6, 6.07) is 7.97. The van der Waals surface area contributed by atoms with Crippen molar-refractivity contribution in [1.29, 1.82) is 5.26 Å². The van der Waals surface area contributed by atoms with Gasteiger partial charge in [0.15, 0.2) is 0 Å². The third kappa shape index (κ3) is 5.62. The Morgan fingerprint density at radius 2 is 1.57 bits per heavy atom. The molecule has 0 bridgehead atoms. The van der Waals surface area contributed by atoms with Crippen molar-refractivity contribution in [2.24, 2.45) is 0 Å². The van der Waals surface area contributed by atoms with Gasteiger partial charge >= 0.3 is 6.03 Å². The van der Waals surface area contributed by atoms with E-state index >= 15 is 0 Å². The zero-order valence-corrected chi connectivity index (χ0v) is 13.1. The van der Waals surface area contributed by atoms with Crippen LogP contribution in [0.2, 0.25) is 0 Å². The molecule has 2 rings (SSSR count). The molecule has 3 amide bonds. The van der Waals surface area contributed by atoms with Crippen LogP contribution in [0.5, 0.6) is 0 Å². The van der Waals surface area contributed by atoms with Crippen LogP contribution in [0.15, 0.2) is 24.3 Å². The molecule has 6 heteroatoms. The predicted molar refractivity (Wildman–Crippen MR) is 86.4 cm³/mol. The fraction of sp³-hybridized carbons (Fsp3) is 0.471. The van der Waals surface area contributed by atoms with Crippen LogP contribution in [0.25, 0.3) is 0 Å². The third-order valence-electron chi connectivity index (χ3n) is 4.01. The lowest BCUT2D eigenvalue weighted by molar-refractivity contribution is 0.0935. The number of rotatable bonds is 2. The van der Waals surface area contributed by atoms with E-state index < -0.39 is 11.9 Å². The molecule has 1 aromatic rings. The second-order valence-corrected chi connectivity index (χ2v) is 5.78. The minimum atomic E-state index is -0.415. The highest BCUT2D eigenvalue weighted by atomic mass is 16.2. The van der Waals surface area contributed by atoms with Crippen LogP contribution in [0.3, 0.4) is 0 Å². The van der Waals surface area contributed by atoms with Crippen LogP contribution in [-0.4, -0.2) is 18.0 Å². The normalized spacial score (nSPS) is 15.6. The molecule has 1 saturated carbocycles. The molecule has 0 spiro atoms. The van der Waals surface area contributed by atoms with Crippen molar-refractivity contribution in [2.75, 3.05) is 0 Å². The van der Waals surface area contributed by atoms with E-state index in [0.29, 0.717) is 11.1 Å². The van der Waals surface area contributed by atoms with Gasteiger partial charge in [0, 0.05) is 11.6 Å². The van der Waals surface area contributed by atoms with E-state index in [4.69, 9.17) is 5.26 Å². The minimum Gasteiger partial charge on any atom is -0.334 e. The number of hydrogen-bond donors (Lipinski definition) is 3. The number of urea groups is 1. The Morgan fingerprint density at radius 1 is 0.957 bits per heavy atom. The van der Waals surface area contributed by atoms with Gasteiger partial charge in [-0.25, -0.2) is 10.2 Å². The van der Waals surface area contributed by atoms with Crippen LogP contribution in [0.1, 0.15) is 60.9 Å². The largest absolute Gasteiger partial charge is 0.334 e. The number of hydrazine groups is 1. The maximum absolute atomic E-state index is 11.9.